The Morgan fingerprint density at radius 1 is 1.32 bits per heavy atom. The third kappa shape index (κ3) is 3.66. The average Bonchev–Trinajstić information content (AvgIpc) is 2.97. The van der Waals surface area contributed by atoms with Crippen molar-refractivity contribution in [3.05, 3.63) is 0 Å². The number of nitrogens with one attached hydrogen (secondary N) is 1. The third-order valence-electron chi connectivity index (χ3n) is 4.80. The molecule has 3 nitrogen and oxygen atoms in total. The second kappa shape index (κ2) is 6.98. The van der Waals surface area contributed by atoms with Gasteiger partial charge >= 0.3 is 5.97 Å². The van der Waals surface area contributed by atoms with E-state index in [1.807, 2.05) is 7.05 Å². The van der Waals surface area contributed by atoms with E-state index >= 15 is 0 Å². The van der Waals surface area contributed by atoms with E-state index in [2.05, 4.69) is 17.1 Å². The zero-order valence-electron chi connectivity index (χ0n) is 12.2. The number of carbonyl (C=O) groups excluding carboxylic acids is 1. The molecule has 2 saturated carbocycles. The molecule has 0 aromatic carbocycles. The molecule has 2 rings (SSSR count). The molecule has 19 heavy (non-hydrogen) atoms. The van der Waals surface area contributed by atoms with Crippen LogP contribution in [0, 0.1) is 5.92 Å². The second-order valence-electron chi connectivity index (χ2n) is 6.03. The number of hydrogen-bond acceptors (Lipinski definition) is 4. The van der Waals surface area contributed by atoms with Gasteiger partial charge in [0.2, 0.25) is 0 Å². The largest absolute Gasteiger partial charge is 0.468 e. The maximum Gasteiger partial charge on any atom is 0.326 e. The Kier molecular flexibility index (Phi) is 5.58. The summed E-state index contributed by atoms with van der Waals surface area (Å²) in [5, 5.41) is 3.85. The number of methoxy groups -OCH3 is 1. The lowest BCUT2D eigenvalue weighted by atomic mass is 9.81. The molecule has 0 saturated heterocycles. The smallest absolute Gasteiger partial charge is 0.326 e. The molecule has 2 aliphatic carbocycles. The molecule has 2 atom stereocenters. The summed E-state index contributed by atoms with van der Waals surface area (Å²) in [5.41, 5.74) is -0.430. The SMILES string of the molecule is CNC1(C(=O)OC)CCCC(SCC2CCCC2)C1. The van der Waals surface area contributed by atoms with Crippen LogP contribution in [0.2, 0.25) is 0 Å². The van der Waals surface area contributed by atoms with Crippen LogP contribution in [-0.2, 0) is 9.53 Å². The van der Waals surface area contributed by atoms with Gasteiger partial charge in [-0.25, -0.2) is 0 Å². The van der Waals surface area contributed by atoms with Gasteiger partial charge in [-0.2, -0.15) is 11.8 Å². The second-order valence-corrected chi connectivity index (χ2v) is 7.36. The summed E-state index contributed by atoms with van der Waals surface area (Å²) >= 11 is 2.09. The molecular formula is C15H27NO2S. The number of carbonyl (C=O) groups is 1. The summed E-state index contributed by atoms with van der Waals surface area (Å²) in [6, 6.07) is 0. The van der Waals surface area contributed by atoms with Crippen molar-refractivity contribution >= 4 is 17.7 Å². The van der Waals surface area contributed by atoms with Crippen molar-refractivity contribution in [2.24, 2.45) is 5.92 Å². The van der Waals surface area contributed by atoms with Crippen LogP contribution in [0.4, 0.5) is 0 Å². The van der Waals surface area contributed by atoms with E-state index < -0.39 is 5.54 Å². The van der Waals surface area contributed by atoms with Gasteiger partial charge in [-0.15, -0.1) is 0 Å². The van der Waals surface area contributed by atoms with Crippen LogP contribution in [0.25, 0.3) is 0 Å². The summed E-state index contributed by atoms with van der Waals surface area (Å²) in [6.45, 7) is 0. The van der Waals surface area contributed by atoms with Crippen LogP contribution >= 0.6 is 11.8 Å². The zero-order valence-corrected chi connectivity index (χ0v) is 13.1. The first-order valence-electron chi connectivity index (χ1n) is 7.59. The molecule has 0 aromatic rings. The molecule has 2 fully saturated rings. The third-order valence-corrected chi connectivity index (χ3v) is 6.34. The zero-order chi connectivity index (χ0) is 13.7. The highest BCUT2D eigenvalue weighted by Crippen LogP contribution is 2.38. The monoisotopic (exact) mass is 285 g/mol. The average molecular weight is 285 g/mol. The van der Waals surface area contributed by atoms with Crippen LogP contribution in [0.5, 0.6) is 0 Å². The van der Waals surface area contributed by atoms with Gasteiger partial charge in [-0.05, 0) is 57.2 Å². The molecule has 0 spiro atoms. The molecule has 0 heterocycles. The van der Waals surface area contributed by atoms with Gasteiger partial charge in [-0.1, -0.05) is 12.8 Å². The molecule has 2 aliphatic rings. The fourth-order valence-corrected chi connectivity index (χ4v) is 5.14. The van der Waals surface area contributed by atoms with Crippen LogP contribution in [0.1, 0.15) is 51.4 Å². The minimum Gasteiger partial charge on any atom is -0.468 e. The van der Waals surface area contributed by atoms with Gasteiger partial charge in [0.05, 0.1) is 7.11 Å². The van der Waals surface area contributed by atoms with Crippen molar-refractivity contribution in [3.8, 4) is 0 Å². The first kappa shape index (κ1) is 15.2. The Morgan fingerprint density at radius 3 is 2.68 bits per heavy atom. The van der Waals surface area contributed by atoms with Crippen LogP contribution in [-0.4, -0.2) is 36.7 Å². The maximum absolute atomic E-state index is 12.0. The number of ether oxygens (including phenoxy) is 1. The van der Waals surface area contributed by atoms with E-state index in [1.54, 1.807) is 0 Å². The summed E-state index contributed by atoms with van der Waals surface area (Å²) < 4.78 is 5.00. The van der Waals surface area contributed by atoms with Crippen molar-refractivity contribution < 1.29 is 9.53 Å². The van der Waals surface area contributed by atoms with Gasteiger partial charge in [-0.3, -0.25) is 4.79 Å². The van der Waals surface area contributed by atoms with Crippen LogP contribution in [0.3, 0.4) is 0 Å². The van der Waals surface area contributed by atoms with Gasteiger partial charge in [0.1, 0.15) is 5.54 Å². The standard InChI is InChI=1S/C15H27NO2S/c1-16-15(14(17)18-2)9-5-8-13(10-15)19-11-12-6-3-4-7-12/h12-13,16H,3-11H2,1-2H3. The number of esters is 1. The highest BCUT2D eigenvalue weighted by atomic mass is 32.2. The molecule has 1 N–H and O–H groups in total. The molecule has 4 heteroatoms. The minimum absolute atomic E-state index is 0.0823. The molecule has 0 amide bonds. The molecule has 110 valence electrons. The minimum atomic E-state index is -0.430. The lowest BCUT2D eigenvalue weighted by Crippen LogP contribution is -2.54. The quantitative estimate of drug-likeness (QED) is 0.788. The van der Waals surface area contributed by atoms with Crippen molar-refractivity contribution in [1.29, 1.82) is 0 Å². The molecule has 2 unspecified atom stereocenters. The van der Waals surface area contributed by atoms with E-state index in [9.17, 15) is 4.79 Å². The van der Waals surface area contributed by atoms with E-state index in [1.165, 1.54) is 45.0 Å². The maximum atomic E-state index is 12.0. The van der Waals surface area contributed by atoms with E-state index in [-0.39, 0.29) is 5.97 Å². The first-order chi connectivity index (χ1) is 9.20. The van der Waals surface area contributed by atoms with E-state index in [0.717, 1.165) is 25.2 Å². The van der Waals surface area contributed by atoms with Gasteiger partial charge in [0, 0.05) is 5.25 Å². The lowest BCUT2D eigenvalue weighted by molar-refractivity contribution is -0.149. The first-order valence-corrected chi connectivity index (χ1v) is 8.64. The summed E-state index contributed by atoms with van der Waals surface area (Å²) in [4.78, 5) is 12.0. The van der Waals surface area contributed by atoms with Gasteiger partial charge in [0.15, 0.2) is 0 Å². The fraction of sp³-hybridized carbons (Fsp3) is 0.933. The summed E-state index contributed by atoms with van der Waals surface area (Å²) in [6.07, 6.45) is 9.86. The van der Waals surface area contributed by atoms with Gasteiger partial charge < -0.3 is 10.1 Å². The Hall–Kier alpha value is -0.220. The van der Waals surface area contributed by atoms with Gasteiger partial charge in [0.25, 0.3) is 0 Å². The topological polar surface area (TPSA) is 38.3 Å². The number of hydrogen-bond donors (Lipinski definition) is 1. The Balaban J connectivity index is 1.86. The molecule has 0 aromatic heterocycles. The predicted molar refractivity (Wildman–Crippen MR) is 80.5 cm³/mol. The van der Waals surface area contributed by atoms with Crippen molar-refractivity contribution in [2.45, 2.75) is 62.2 Å². The summed E-state index contributed by atoms with van der Waals surface area (Å²) in [7, 11) is 3.39. The Morgan fingerprint density at radius 2 is 2.05 bits per heavy atom. The van der Waals surface area contributed by atoms with E-state index in [0.29, 0.717) is 5.25 Å². The molecule has 0 radical (unpaired) electrons. The normalized spacial score (nSPS) is 32.4. The van der Waals surface area contributed by atoms with E-state index in [4.69, 9.17) is 4.74 Å². The van der Waals surface area contributed by atoms with Crippen LogP contribution < -0.4 is 5.32 Å². The highest BCUT2D eigenvalue weighted by molar-refractivity contribution is 7.99. The van der Waals surface area contributed by atoms with Crippen molar-refractivity contribution in [1.82, 2.24) is 5.32 Å². The summed E-state index contributed by atoms with van der Waals surface area (Å²) in [5.74, 6) is 2.13. The Bertz CT molecular complexity index is 305. The highest BCUT2D eigenvalue weighted by Gasteiger charge is 2.42. The fourth-order valence-electron chi connectivity index (χ4n) is 3.53. The Labute approximate surface area is 121 Å². The van der Waals surface area contributed by atoms with Crippen molar-refractivity contribution in [2.75, 3.05) is 19.9 Å². The number of likely N-dealkylation sites (N-methyl/N-ethyl adjacent to an activating group) is 1. The van der Waals surface area contributed by atoms with Crippen molar-refractivity contribution in [3.63, 3.8) is 0 Å². The predicted octanol–water partition coefficient (Wildman–Crippen LogP) is 2.98. The molecule has 0 bridgehead atoms. The van der Waals surface area contributed by atoms with Crippen LogP contribution in [0.15, 0.2) is 0 Å². The number of rotatable bonds is 5. The molecular weight excluding hydrogens is 258 g/mol. The number of thioether (sulfide) groups is 1. The lowest BCUT2D eigenvalue weighted by Gasteiger charge is -2.38. The molecule has 0 aliphatic heterocycles.